The van der Waals surface area contributed by atoms with Gasteiger partial charge in [-0.1, -0.05) is 0 Å². The quantitative estimate of drug-likeness (QED) is 0.671. The third kappa shape index (κ3) is 2.51. The van der Waals surface area contributed by atoms with Gasteiger partial charge in [-0.05, 0) is 42.5 Å². The molecule has 3 aromatic rings. The molecule has 0 unspecified atom stereocenters. The number of fused-ring (bicyclic) bond motifs is 1. The number of hydrogen-bond donors (Lipinski definition) is 3. The molecule has 0 saturated carbocycles. The van der Waals surface area contributed by atoms with Crippen LogP contribution in [0.1, 0.15) is 10.4 Å². The van der Waals surface area contributed by atoms with Crippen LogP contribution in [0.5, 0.6) is 0 Å². The molecule has 0 atom stereocenters. The number of aromatic nitrogens is 2. The number of amides is 1. The van der Waals surface area contributed by atoms with Crippen LogP contribution in [0.25, 0.3) is 10.8 Å². The second kappa shape index (κ2) is 5.28. The fraction of sp³-hybridized carbons (Fsp3) is 0. The Bertz CT molecular complexity index is 974. The molecular formula is C15H10FN3O3. The van der Waals surface area contributed by atoms with Gasteiger partial charge in [0.15, 0.2) is 0 Å². The first-order valence-corrected chi connectivity index (χ1v) is 6.36. The smallest absolute Gasteiger partial charge is 0.270 e. The summed E-state index contributed by atoms with van der Waals surface area (Å²) in [7, 11) is 0. The van der Waals surface area contributed by atoms with Crippen LogP contribution in [0.3, 0.4) is 0 Å². The summed E-state index contributed by atoms with van der Waals surface area (Å²) in [6, 6.07) is 9.43. The molecule has 1 amide bonds. The summed E-state index contributed by atoms with van der Waals surface area (Å²) in [5, 5.41) is 7.41. The molecule has 3 N–H and O–H groups in total. The third-order valence-electron chi connectivity index (χ3n) is 3.16. The van der Waals surface area contributed by atoms with Gasteiger partial charge in [-0.3, -0.25) is 24.6 Å². The largest absolute Gasteiger partial charge is 0.322 e. The number of carbonyl (C=O) groups excluding carboxylic acids is 1. The predicted molar refractivity (Wildman–Crippen MR) is 79.5 cm³/mol. The zero-order valence-electron chi connectivity index (χ0n) is 11.1. The molecule has 0 aliphatic rings. The molecule has 0 saturated heterocycles. The fourth-order valence-electron chi connectivity index (χ4n) is 2.06. The minimum absolute atomic E-state index is 0.167. The molecule has 0 bridgehead atoms. The Hall–Kier alpha value is -3.22. The van der Waals surface area contributed by atoms with Crippen LogP contribution in [0.15, 0.2) is 52.1 Å². The normalized spacial score (nSPS) is 10.6. The highest BCUT2D eigenvalue weighted by Crippen LogP contribution is 2.14. The van der Waals surface area contributed by atoms with Crippen LogP contribution in [0, 0.1) is 5.82 Å². The van der Waals surface area contributed by atoms with Gasteiger partial charge in [-0.25, -0.2) is 4.39 Å². The number of halogens is 1. The van der Waals surface area contributed by atoms with E-state index in [4.69, 9.17) is 0 Å². The van der Waals surface area contributed by atoms with Crippen molar-refractivity contribution in [2.24, 2.45) is 0 Å². The van der Waals surface area contributed by atoms with E-state index in [0.717, 1.165) is 0 Å². The zero-order chi connectivity index (χ0) is 15.7. The number of benzene rings is 2. The number of rotatable bonds is 2. The highest BCUT2D eigenvalue weighted by atomic mass is 19.1. The first-order valence-electron chi connectivity index (χ1n) is 6.36. The summed E-state index contributed by atoms with van der Waals surface area (Å²) in [4.78, 5) is 35.3. The summed E-state index contributed by atoms with van der Waals surface area (Å²) < 4.78 is 12.8. The second-order valence-corrected chi connectivity index (χ2v) is 4.63. The van der Waals surface area contributed by atoms with Gasteiger partial charge in [0.2, 0.25) is 0 Å². The van der Waals surface area contributed by atoms with Crippen molar-refractivity contribution in [1.82, 2.24) is 10.2 Å². The Kier molecular flexibility index (Phi) is 3.30. The Balaban J connectivity index is 1.96. The number of H-pyrrole nitrogens is 2. The number of hydrogen-bond acceptors (Lipinski definition) is 3. The van der Waals surface area contributed by atoms with Crippen molar-refractivity contribution in [3.63, 3.8) is 0 Å². The van der Waals surface area contributed by atoms with Crippen LogP contribution in [0.2, 0.25) is 0 Å². The van der Waals surface area contributed by atoms with E-state index >= 15 is 0 Å². The van der Waals surface area contributed by atoms with Crippen molar-refractivity contribution in [2.75, 3.05) is 5.32 Å². The van der Waals surface area contributed by atoms with Crippen LogP contribution in [-0.4, -0.2) is 16.1 Å². The standard InChI is InChI=1S/C15H10FN3O3/c16-9-3-1-8(2-4-9)13(20)17-10-5-6-11-12(7-10)15(22)19-18-14(11)21/h1-7H,(H,17,20)(H,18,21)(H,19,22). The number of anilines is 1. The topological polar surface area (TPSA) is 94.8 Å². The number of aromatic amines is 2. The fourth-order valence-corrected chi connectivity index (χ4v) is 2.06. The van der Waals surface area contributed by atoms with Crippen molar-refractivity contribution in [2.45, 2.75) is 0 Å². The van der Waals surface area contributed by atoms with Crippen LogP contribution >= 0.6 is 0 Å². The highest BCUT2D eigenvalue weighted by Gasteiger charge is 2.08. The van der Waals surface area contributed by atoms with Crippen LogP contribution in [0.4, 0.5) is 10.1 Å². The van der Waals surface area contributed by atoms with E-state index in [1.165, 1.54) is 42.5 Å². The average Bonchev–Trinajstić information content (AvgIpc) is 2.52. The van der Waals surface area contributed by atoms with Crippen LogP contribution in [-0.2, 0) is 0 Å². The maximum Gasteiger partial charge on any atom is 0.270 e. The molecule has 0 spiro atoms. The maximum absolute atomic E-state index is 12.8. The van der Waals surface area contributed by atoms with Crippen molar-refractivity contribution >= 4 is 22.4 Å². The van der Waals surface area contributed by atoms with E-state index in [2.05, 4.69) is 15.5 Å². The molecule has 0 fully saturated rings. The summed E-state index contributed by atoms with van der Waals surface area (Å²) in [6.07, 6.45) is 0. The molecule has 6 nitrogen and oxygen atoms in total. The van der Waals surface area contributed by atoms with E-state index < -0.39 is 22.8 Å². The lowest BCUT2D eigenvalue weighted by atomic mass is 10.1. The van der Waals surface area contributed by atoms with Gasteiger partial charge in [-0.15, -0.1) is 0 Å². The lowest BCUT2D eigenvalue weighted by Gasteiger charge is -2.06. The highest BCUT2D eigenvalue weighted by molar-refractivity contribution is 6.05. The molecule has 110 valence electrons. The minimum Gasteiger partial charge on any atom is -0.322 e. The molecular weight excluding hydrogens is 289 g/mol. The van der Waals surface area contributed by atoms with Gasteiger partial charge in [0.1, 0.15) is 5.82 Å². The zero-order valence-corrected chi connectivity index (χ0v) is 11.1. The van der Waals surface area contributed by atoms with E-state index in [9.17, 15) is 18.8 Å². The number of nitrogens with one attached hydrogen (secondary N) is 3. The van der Waals surface area contributed by atoms with E-state index in [1.54, 1.807) is 0 Å². The Labute approximate surface area is 122 Å². The van der Waals surface area contributed by atoms with Crippen molar-refractivity contribution in [3.05, 3.63) is 74.6 Å². The van der Waals surface area contributed by atoms with Gasteiger partial charge >= 0.3 is 0 Å². The molecule has 2 aromatic carbocycles. The molecule has 1 heterocycles. The number of carbonyl (C=O) groups is 1. The molecule has 0 aliphatic heterocycles. The van der Waals surface area contributed by atoms with Gasteiger partial charge in [0, 0.05) is 11.3 Å². The lowest BCUT2D eigenvalue weighted by molar-refractivity contribution is 0.102. The van der Waals surface area contributed by atoms with Gasteiger partial charge in [-0.2, -0.15) is 0 Å². The molecule has 3 rings (SSSR count). The SMILES string of the molecule is O=C(Nc1ccc2c(=O)[nH][nH]c(=O)c2c1)c1ccc(F)cc1. The minimum atomic E-state index is -0.465. The first-order chi connectivity index (χ1) is 10.5. The van der Waals surface area contributed by atoms with Crippen molar-refractivity contribution in [3.8, 4) is 0 Å². The third-order valence-corrected chi connectivity index (χ3v) is 3.16. The molecule has 22 heavy (non-hydrogen) atoms. The summed E-state index contributed by atoms with van der Waals surface area (Å²) in [5.74, 6) is -0.881. The van der Waals surface area contributed by atoms with E-state index in [-0.39, 0.29) is 16.3 Å². The monoisotopic (exact) mass is 299 g/mol. The van der Waals surface area contributed by atoms with Crippen molar-refractivity contribution in [1.29, 1.82) is 0 Å². The molecule has 7 heteroatoms. The Morgan fingerprint density at radius 3 is 2.23 bits per heavy atom. The van der Waals surface area contributed by atoms with Gasteiger partial charge < -0.3 is 5.32 Å². The second-order valence-electron chi connectivity index (χ2n) is 4.63. The summed E-state index contributed by atoms with van der Waals surface area (Å²) in [5.41, 5.74) is -0.252. The molecule has 0 aliphatic carbocycles. The summed E-state index contributed by atoms with van der Waals surface area (Å²) >= 11 is 0. The van der Waals surface area contributed by atoms with Crippen LogP contribution < -0.4 is 16.4 Å². The lowest BCUT2D eigenvalue weighted by Crippen LogP contribution is -2.19. The summed E-state index contributed by atoms with van der Waals surface area (Å²) in [6.45, 7) is 0. The first kappa shape index (κ1) is 13.7. The Morgan fingerprint density at radius 2 is 1.55 bits per heavy atom. The Morgan fingerprint density at radius 1 is 0.909 bits per heavy atom. The maximum atomic E-state index is 12.8. The molecule has 0 radical (unpaired) electrons. The van der Waals surface area contributed by atoms with Gasteiger partial charge in [0.25, 0.3) is 17.0 Å². The van der Waals surface area contributed by atoms with E-state index in [0.29, 0.717) is 5.69 Å². The molecule has 1 aromatic heterocycles. The average molecular weight is 299 g/mol. The predicted octanol–water partition coefficient (Wildman–Crippen LogP) is 1.61. The van der Waals surface area contributed by atoms with Gasteiger partial charge in [0.05, 0.1) is 10.8 Å². The van der Waals surface area contributed by atoms with E-state index in [1.807, 2.05) is 0 Å². The van der Waals surface area contributed by atoms with Crippen molar-refractivity contribution < 1.29 is 9.18 Å².